The second-order valence-corrected chi connectivity index (χ2v) is 6.40. The second-order valence-electron chi connectivity index (χ2n) is 6.40. The molecule has 1 aromatic heterocycles. The zero-order valence-corrected chi connectivity index (χ0v) is 14.9. The summed E-state index contributed by atoms with van der Waals surface area (Å²) in [6, 6.07) is 7.41. The SMILES string of the molecule is CCOc1ccc2cc(C(=O)N(CCC(=O)O)C[C@@H]3CCCO3)[nH]c2c1. The van der Waals surface area contributed by atoms with Gasteiger partial charge in [0, 0.05) is 36.7 Å². The summed E-state index contributed by atoms with van der Waals surface area (Å²) in [5, 5.41) is 9.89. The molecule has 0 bridgehead atoms. The van der Waals surface area contributed by atoms with Crippen molar-refractivity contribution in [1.29, 1.82) is 0 Å². The van der Waals surface area contributed by atoms with Gasteiger partial charge in [0.25, 0.3) is 5.91 Å². The lowest BCUT2D eigenvalue weighted by atomic mass is 10.2. The molecular formula is C19H24N2O5. The van der Waals surface area contributed by atoms with Crippen molar-refractivity contribution in [3.63, 3.8) is 0 Å². The monoisotopic (exact) mass is 360 g/mol. The van der Waals surface area contributed by atoms with Gasteiger partial charge >= 0.3 is 5.97 Å². The van der Waals surface area contributed by atoms with Gasteiger partial charge in [0.2, 0.25) is 0 Å². The van der Waals surface area contributed by atoms with Crippen molar-refractivity contribution in [2.45, 2.75) is 32.3 Å². The highest BCUT2D eigenvalue weighted by molar-refractivity contribution is 5.98. The molecule has 2 N–H and O–H groups in total. The molecule has 0 spiro atoms. The molecule has 0 radical (unpaired) electrons. The molecule has 1 aliphatic heterocycles. The van der Waals surface area contributed by atoms with Gasteiger partial charge in [-0.3, -0.25) is 9.59 Å². The minimum Gasteiger partial charge on any atom is -0.494 e. The molecule has 1 fully saturated rings. The van der Waals surface area contributed by atoms with Crippen LogP contribution >= 0.6 is 0 Å². The lowest BCUT2D eigenvalue weighted by Gasteiger charge is -2.24. The number of rotatable bonds is 8. The van der Waals surface area contributed by atoms with Gasteiger partial charge in [0.15, 0.2) is 0 Å². The smallest absolute Gasteiger partial charge is 0.305 e. The Labute approximate surface area is 151 Å². The van der Waals surface area contributed by atoms with Gasteiger partial charge < -0.3 is 24.5 Å². The molecular weight excluding hydrogens is 336 g/mol. The Morgan fingerprint density at radius 2 is 2.23 bits per heavy atom. The number of carbonyl (C=O) groups excluding carboxylic acids is 1. The van der Waals surface area contributed by atoms with E-state index in [-0.39, 0.29) is 25.0 Å². The Kier molecular flexibility index (Phi) is 5.78. The summed E-state index contributed by atoms with van der Waals surface area (Å²) >= 11 is 0. The van der Waals surface area contributed by atoms with Crippen LogP contribution in [0, 0.1) is 0 Å². The predicted molar refractivity (Wildman–Crippen MR) is 96.6 cm³/mol. The van der Waals surface area contributed by atoms with E-state index in [9.17, 15) is 9.59 Å². The fourth-order valence-corrected chi connectivity index (χ4v) is 3.19. The molecule has 2 aromatic rings. The number of hydrogen-bond donors (Lipinski definition) is 2. The number of H-pyrrole nitrogens is 1. The first kappa shape index (κ1) is 18.3. The van der Waals surface area contributed by atoms with E-state index in [2.05, 4.69) is 4.98 Å². The third kappa shape index (κ3) is 4.35. The highest BCUT2D eigenvalue weighted by Crippen LogP contribution is 2.23. The number of hydrogen-bond acceptors (Lipinski definition) is 4. The molecule has 0 aliphatic carbocycles. The molecule has 7 heteroatoms. The van der Waals surface area contributed by atoms with E-state index >= 15 is 0 Å². The van der Waals surface area contributed by atoms with Crippen LogP contribution in [-0.4, -0.2) is 59.3 Å². The number of fused-ring (bicyclic) bond motifs is 1. The van der Waals surface area contributed by atoms with E-state index in [1.165, 1.54) is 0 Å². The Balaban J connectivity index is 1.79. The average molecular weight is 360 g/mol. The van der Waals surface area contributed by atoms with Crippen molar-refractivity contribution in [3.05, 3.63) is 30.0 Å². The summed E-state index contributed by atoms with van der Waals surface area (Å²) in [4.78, 5) is 28.6. The van der Waals surface area contributed by atoms with Crippen LogP contribution in [0.4, 0.5) is 0 Å². The van der Waals surface area contributed by atoms with Crippen molar-refractivity contribution in [1.82, 2.24) is 9.88 Å². The third-order valence-corrected chi connectivity index (χ3v) is 4.47. The fraction of sp³-hybridized carbons (Fsp3) is 0.474. The van der Waals surface area contributed by atoms with Crippen molar-refractivity contribution < 1.29 is 24.2 Å². The van der Waals surface area contributed by atoms with Crippen LogP contribution in [0.25, 0.3) is 10.9 Å². The lowest BCUT2D eigenvalue weighted by Crippen LogP contribution is -2.39. The van der Waals surface area contributed by atoms with Crippen LogP contribution in [-0.2, 0) is 9.53 Å². The molecule has 7 nitrogen and oxygen atoms in total. The molecule has 1 amide bonds. The Hall–Kier alpha value is -2.54. The third-order valence-electron chi connectivity index (χ3n) is 4.47. The zero-order chi connectivity index (χ0) is 18.5. The predicted octanol–water partition coefficient (Wildman–Crippen LogP) is 2.66. The number of carbonyl (C=O) groups is 2. The number of aromatic nitrogens is 1. The average Bonchev–Trinajstić information content (AvgIpc) is 3.27. The number of carboxylic acid groups (broad SMARTS) is 1. The molecule has 26 heavy (non-hydrogen) atoms. The maximum atomic E-state index is 12.9. The maximum absolute atomic E-state index is 12.9. The first-order chi connectivity index (χ1) is 12.6. The number of amides is 1. The molecule has 140 valence electrons. The molecule has 1 aliphatic rings. The highest BCUT2D eigenvalue weighted by atomic mass is 16.5. The van der Waals surface area contributed by atoms with Crippen molar-refractivity contribution in [2.24, 2.45) is 0 Å². The van der Waals surface area contributed by atoms with E-state index in [0.29, 0.717) is 25.5 Å². The molecule has 0 unspecified atom stereocenters. The van der Waals surface area contributed by atoms with E-state index in [1.54, 1.807) is 11.0 Å². The Morgan fingerprint density at radius 3 is 2.92 bits per heavy atom. The van der Waals surface area contributed by atoms with Crippen LogP contribution in [0.15, 0.2) is 24.3 Å². The first-order valence-electron chi connectivity index (χ1n) is 8.95. The molecule has 0 saturated carbocycles. The van der Waals surface area contributed by atoms with Crippen molar-refractivity contribution in [2.75, 3.05) is 26.3 Å². The normalized spacial score (nSPS) is 16.7. The summed E-state index contributed by atoms with van der Waals surface area (Å²) in [5.41, 5.74) is 1.26. The zero-order valence-electron chi connectivity index (χ0n) is 14.9. The van der Waals surface area contributed by atoms with Gasteiger partial charge in [-0.15, -0.1) is 0 Å². The Bertz CT molecular complexity index is 779. The van der Waals surface area contributed by atoms with E-state index in [0.717, 1.165) is 29.5 Å². The van der Waals surface area contributed by atoms with Gasteiger partial charge in [0.05, 0.1) is 19.1 Å². The lowest BCUT2D eigenvalue weighted by molar-refractivity contribution is -0.137. The van der Waals surface area contributed by atoms with Crippen molar-refractivity contribution >= 4 is 22.8 Å². The largest absolute Gasteiger partial charge is 0.494 e. The standard InChI is InChI=1S/C19H24N2O5/c1-2-25-14-6-5-13-10-17(20-16(13)11-14)19(24)21(8-7-18(22)23)12-15-4-3-9-26-15/h5-6,10-11,15,20H,2-4,7-9,12H2,1H3,(H,22,23)/t15-/m0/s1. The summed E-state index contributed by atoms with van der Waals surface area (Å²) < 4.78 is 11.1. The fourth-order valence-electron chi connectivity index (χ4n) is 3.19. The van der Waals surface area contributed by atoms with Crippen LogP contribution < -0.4 is 4.74 Å². The number of aromatic amines is 1. The number of benzene rings is 1. The van der Waals surface area contributed by atoms with Gasteiger partial charge in [0.1, 0.15) is 11.4 Å². The van der Waals surface area contributed by atoms with Gasteiger partial charge in [-0.1, -0.05) is 0 Å². The summed E-state index contributed by atoms with van der Waals surface area (Å²) in [6.07, 6.45) is 1.74. The summed E-state index contributed by atoms with van der Waals surface area (Å²) in [6.45, 7) is 3.75. The Morgan fingerprint density at radius 1 is 1.38 bits per heavy atom. The van der Waals surface area contributed by atoms with Gasteiger partial charge in [-0.05, 0) is 38.0 Å². The molecule has 1 atom stereocenters. The van der Waals surface area contributed by atoms with Crippen LogP contribution in [0.5, 0.6) is 5.75 Å². The quantitative estimate of drug-likeness (QED) is 0.755. The summed E-state index contributed by atoms with van der Waals surface area (Å²) in [7, 11) is 0. The summed E-state index contributed by atoms with van der Waals surface area (Å²) in [5.74, 6) is -0.396. The number of nitrogens with zero attached hydrogens (tertiary/aromatic N) is 1. The first-order valence-corrected chi connectivity index (χ1v) is 8.95. The van der Waals surface area contributed by atoms with Crippen LogP contribution in [0.2, 0.25) is 0 Å². The van der Waals surface area contributed by atoms with Gasteiger partial charge in [-0.2, -0.15) is 0 Å². The van der Waals surface area contributed by atoms with Crippen LogP contribution in [0.1, 0.15) is 36.7 Å². The minimum atomic E-state index is -0.923. The topological polar surface area (TPSA) is 91.9 Å². The maximum Gasteiger partial charge on any atom is 0.305 e. The highest BCUT2D eigenvalue weighted by Gasteiger charge is 2.25. The molecule has 3 rings (SSSR count). The molecule has 1 saturated heterocycles. The van der Waals surface area contributed by atoms with E-state index in [4.69, 9.17) is 14.6 Å². The van der Waals surface area contributed by atoms with E-state index < -0.39 is 5.97 Å². The second kappa shape index (κ2) is 8.23. The molecule has 1 aromatic carbocycles. The molecule has 2 heterocycles. The van der Waals surface area contributed by atoms with E-state index in [1.807, 2.05) is 25.1 Å². The number of aliphatic carboxylic acids is 1. The number of ether oxygens (including phenoxy) is 2. The minimum absolute atomic E-state index is 0.0262. The number of nitrogens with one attached hydrogen (secondary N) is 1. The van der Waals surface area contributed by atoms with Crippen molar-refractivity contribution in [3.8, 4) is 5.75 Å². The number of carboxylic acids is 1. The van der Waals surface area contributed by atoms with Crippen LogP contribution in [0.3, 0.4) is 0 Å². The van der Waals surface area contributed by atoms with Gasteiger partial charge in [-0.25, -0.2) is 0 Å².